The third kappa shape index (κ3) is 3.13. The molecule has 0 aliphatic heterocycles. The largest absolute Gasteiger partial charge is 0.492 e. The summed E-state index contributed by atoms with van der Waals surface area (Å²) in [5.41, 5.74) is 2.54. The molecule has 5 nitrogen and oxygen atoms in total. The lowest BCUT2D eigenvalue weighted by atomic mass is 9.86. The molecule has 27 heavy (non-hydrogen) atoms. The highest BCUT2D eigenvalue weighted by Crippen LogP contribution is 2.38. The van der Waals surface area contributed by atoms with Crippen molar-refractivity contribution < 1.29 is 18.7 Å². The summed E-state index contributed by atoms with van der Waals surface area (Å²) in [6.07, 6.45) is 0. The number of rotatable bonds is 4. The van der Waals surface area contributed by atoms with Gasteiger partial charge < -0.3 is 14.1 Å². The van der Waals surface area contributed by atoms with Crippen LogP contribution >= 0.6 is 12.4 Å². The molecule has 0 saturated heterocycles. The van der Waals surface area contributed by atoms with Crippen LogP contribution in [-0.4, -0.2) is 43.7 Å². The maximum atomic E-state index is 13.0. The number of fused-ring (bicyclic) bond motifs is 4. The van der Waals surface area contributed by atoms with Crippen LogP contribution in [0.15, 0.2) is 40.8 Å². The van der Waals surface area contributed by atoms with Gasteiger partial charge in [-0.3, -0.25) is 9.59 Å². The van der Waals surface area contributed by atoms with Crippen LogP contribution in [0.1, 0.15) is 37.6 Å². The van der Waals surface area contributed by atoms with Crippen LogP contribution in [0.25, 0.3) is 11.0 Å². The van der Waals surface area contributed by atoms with E-state index >= 15 is 0 Å². The maximum Gasteiger partial charge on any atom is 0.229 e. The summed E-state index contributed by atoms with van der Waals surface area (Å²) < 4.78 is 11.6. The number of hydrogen-bond acceptors (Lipinski definition) is 5. The van der Waals surface area contributed by atoms with Gasteiger partial charge in [-0.15, -0.1) is 12.4 Å². The van der Waals surface area contributed by atoms with E-state index in [-0.39, 0.29) is 29.7 Å². The van der Waals surface area contributed by atoms with Crippen molar-refractivity contribution in [1.29, 1.82) is 0 Å². The second-order valence-corrected chi connectivity index (χ2v) is 6.78. The molecule has 4 rings (SSSR count). The average molecular weight is 386 g/mol. The zero-order valence-corrected chi connectivity index (χ0v) is 16.2. The smallest absolute Gasteiger partial charge is 0.229 e. The van der Waals surface area contributed by atoms with Crippen LogP contribution in [0.3, 0.4) is 0 Å². The molecule has 0 N–H and O–H groups in total. The van der Waals surface area contributed by atoms with E-state index in [9.17, 15) is 9.59 Å². The van der Waals surface area contributed by atoms with E-state index in [1.165, 1.54) is 0 Å². The number of furan rings is 1. The third-order valence-corrected chi connectivity index (χ3v) is 4.62. The Labute approximate surface area is 163 Å². The highest BCUT2D eigenvalue weighted by molar-refractivity contribution is 6.31. The van der Waals surface area contributed by atoms with Crippen molar-refractivity contribution in [2.75, 3.05) is 27.2 Å². The van der Waals surface area contributed by atoms with Gasteiger partial charge in [0.25, 0.3) is 0 Å². The fourth-order valence-corrected chi connectivity index (χ4v) is 3.34. The molecule has 6 heteroatoms. The molecule has 140 valence electrons. The molecular weight excluding hydrogens is 366 g/mol. The molecule has 0 amide bonds. The summed E-state index contributed by atoms with van der Waals surface area (Å²) >= 11 is 0. The van der Waals surface area contributed by atoms with E-state index in [4.69, 9.17) is 9.15 Å². The van der Waals surface area contributed by atoms with Gasteiger partial charge in [0.05, 0.1) is 5.56 Å². The van der Waals surface area contributed by atoms with Crippen LogP contribution in [0.4, 0.5) is 0 Å². The number of ketones is 2. The van der Waals surface area contributed by atoms with Crippen molar-refractivity contribution >= 4 is 34.9 Å². The molecule has 0 bridgehead atoms. The van der Waals surface area contributed by atoms with Gasteiger partial charge in [-0.1, -0.05) is 24.3 Å². The van der Waals surface area contributed by atoms with Gasteiger partial charge in [0.15, 0.2) is 11.5 Å². The Balaban J connectivity index is 0.00000210. The molecule has 0 spiro atoms. The van der Waals surface area contributed by atoms with Crippen LogP contribution in [0.5, 0.6) is 5.75 Å². The first kappa shape index (κ1) is 19.1. The van der Waals surface area contributed by atoms with E-state index in [0.29, 0.717) is 40.0 Å². The second kappa shape index (κ2) is 7.18. The number of carbonyl (C=O) groups excluding carboxylic acids is 2. The summed E-state index contributed by atoms with van der Waals surface area (Å²) in [5, 5.41) is 0.688. The monoisotopic (exact) mass is 385 g/mol. The van der Waals surface area contributed by atoms with Crippen LogP contribution < -0.4 is 4.74 Å². The summed E-state index contributed by atoms with van der Waals surface area (Å²) in [5.74, 6) is 0.372. The number of hydrogen-bond donors (Lipinski definition) is 0. The normalized spacial score (nSPS) is 12.7. The summed E-state index contributed by atoms with van der Waals surface area (Å²) in [6.45, 7) is 3.23. The number of benzene rings is 2. The van der Waals surface area contributed by atoms with Gasteiger partial charge in [-0.25, -0.2) is 0 Å². The Bertz CT molecular complexity index is 1050. The minimum absolute atomic E-state index is 0. The van der Waals surface area contributed by atoms with Crippen molar-refractivity contribution in [3.8, 4) is 5.75 Å². The summed E-state index contributed by atoms with van der Waals surface area (Å²) in [6, 6.07) is 10.5. The number of halogens is 1. The lowest BCUT2D eigenvalue weighted by Gasteiger charge is -2.13. The average Bonchev–Trinajstić information content (AvgIpc) is 3.00. The van der Waals surface area contributed by atoms with Gasteiger partial charge in [0.1, 0.15) is 17.9 Å². The standard InChI is InChI=1S/C21H19NO4.ClH/c1-12-10-13(25-9-8-22(2)3)11-16-17(12)18-19(23)14-6-4-5-7-15(14)20(24)21(18)26-16;/h4-7,10-11H,8-9H2,1-3H3;1H. The van der Waals surface area contributed by atoms with Crippen molar-refractivity contribution in [2.45, 2.75) is 6.92 Å². The fourth-order valence-electron chi connectivity index (χ4n) is 3.34. The molecule has 0 unspecified atom stereocenters. The molecule has 1 aliphatic carbocycles. The Hall–Kier alpha value is -2.63. The Morgan fingerprint density at radius 3 is 2.37 bits per heavy atom. The lowest BCUT2D eigenvalue weighted by Crippen LogP contribution is -2.19. The van der Waals surface area contributed by atoms with Crippen molar-refractivity contribution in [3.05, 3.63) is 64.4 Å². The fraction of sp³-hybridized carbons (Fsp3) is 0.238. The Morgan fingerprint density at radius 1 is 1.04 bits per heavy atom. The van der Waals surface area contributed by atoms with Gasteiger partial charge >= 0.3 is 0 Å². The molecule has 1 aliphatic rings. The number of aryl methyl sites for hydroxylation is 1. The molecule has 1 aromatic heterocycles. The van der Waals surface area contributed by atoms with Crippen molar-refractivity contribution in [3.63, 3.8) is 0 Å². The first-order valence-corrected chi connectivity index (χ1v) is 8.50. The van der Waals surface area contributed by atoms with Crippen LogP contribution in [-0.2, 0) is 0 Å². The molecule has 0 fully saturated rings. The van der Waals surface area contributed by atoms with Gasteiger partial charge in [-0.2, -0.15) is 0 Å². The van der Waals surface area contributed by atoms with Crippen LogP contribution in [0, 0.1) is 6.92 Å². The molecule has 0 radical (unpaired) electrons. The Morgan fingerprint density at radius 2 is 1.70 bits per heavy atom. The third-order valence-electron chi connectivity index (χ3n) is 4.62. The van der Waals surface area contributed by atoms with E-state index in [0.717, 1.165) is 12.1 Å². The van der Waals surface area contributed by atoms with E-state index in [1.807, 2.05) is 32.0 Å². The van der Waals surface area contributed by atoms with Gasteiger partial charge in [-0.05, 0) is 32.6 Å². The SMILES string of the molecule is Cc1cc(OCCN(C)C)cc2oc3c(c12)C(=O)c1ccccc1C3=O.Cl. The predicted molar refractivity (Wildman–Crippen MR) is 106 cm³/mol. The summed E-state index contributed by atoms with van der Waals surface area (Å²) in [7, 11) is 3.96. The summed E-state index contributed by atoms with van der Waals surface area (Å²) in [4.78, 5) is 27.8. The maximum absolute atomic E-state index is 13.0. The second-order valence-electron chi connectivity index (χ2n) is 6.78. The molecule has 1 heterocycles. The first-order chi connectivity index (χ1) is 12.5. The predicted octanol–water partition coefficient (Wildman–Crippen LogP) is 3.88. The van der Waals surface area contributed by atoms with Crippen molar-refractivity contribution in [2.24, 2.45) is 0 Å². The van der Waals surface area contributed by atoms with Gasteiger partial charge in [0, 0.05) is 29.1 Å². The van der Waals surface area contributed by atoms with E-state index in [1.54, 1.807) is 30.3 Å². The molecule has 0 atom stereocenters. The minimum Gasteiger partial charge on any atom is -0.492 e. The van der Waals surface area contributed by atoms with E-state index < -0.39 is 0 Å². The zero-order valence-electron chi connectivity index (χ0n) is 15.4. The molecule has 2 aromatic carbocycles. The minimum atomic E-state index is -0.249. The van der Waals surface area contributed by atoms with Crippen molar-refractivity contribution in [1.82, 2.24) is 4.90 Å². The number of nitrogens with zero attached hydrogens (tertiary/aromatic N) is 1. The van der Waals surface area contributed by atoms with Gasteiger partial charge in [0.2, 0.25) is 5.78 Å². The Kier molecular flexibility index (Phi) is 5.09. The lowest BCUT2D eigenvalue weighted by molar-refractivity contribution is 0.0962. The first-order valence-electron chi connectivity index (χ1n) is 8.50. The quantitative estimate of drug-likeness (QED) is 0.533. The number of likely N-dealkylation sites (N-methyl/N-ethyl adjacent to an activating group) is 1. The molecule has 0 saturated carbocycles. The molecular formula is C21H20ClNO4. The zero-order chi connectivity index (χ0) is 18.4. The highest BCUT2D eigenvalue weighted by Gasteiger charge is 2.35. The number of carbonyl (C=O) groups is 2. The number of ether oxygens (including phenoxy) is 1. The highest BCUT2D eigenvalue weighted by atomic mass is 35.5. The topological polar surface area (TPSA) is 59.8 Å². The van der Waals surface area contributed by atoms with Crippen LogP contribution in [0.2, 0.25) is 0 Å². The van der Waals surface area contributed by atoms with E-state index in [2.05, 4.69) is 0 Å². The molecule has 3 aromatic rings.